The van der Waals surface area contributed by atoms with E-state index in [1.807, 2.05) is 40.7 Å². The summed E-state index contributed by atoms with van der Waals surface area (Å²) in [5, 5.41) is 11.8. The smallest absolute Gasteiger partial charge is 0.294 e. The van der Waals surface area contributed by atoms with Crippen LogP contribution in [0.2, 0.25) is 0 Å². The van der Waals surface area contributed by atoms with E-state index in [0.29, 0.717) is 5.92 Å². The van der Waals surface area contributed by atoms with Crippen molar-refractivity contribution in [3.63, 3.8) is 0 Å². The van der Waals surface area contributed by atoms with Crippen LogP contribution in [0, 0.1) is 12.8 Å². The Morgan fingerprint density at radius 3 is 2.13 bits per heavy atom. The summed E-state index contributed by atoms with van der Waals surface area (Å²) in [4.78, 5) is -0.0504. The summed E-state index contributed by atoms with van der Waals surface area (Å²) in [6.45, 7) is 9.88. The topological polar surface area (TPSA) is 77.8 Å². The van der Waals surface area contributed by atoms with Crippen molar-refractivity contribution in [2.75, 3.05) is 0 Å². The van der Waals surface area contributed by atoms with Crippen molar-refractivity contribution in [3.8, 4) is 0 Å². The maximum absolute atomic E-state index is 11.4. The van der Waals surface area contributed by atoms with Crippen LogP contribution in [0.4, 0.5) is 0 Å². The van der Waals surface area contributed by atoms with Gasteiger partial charge in [0.15, 0.2) is 0 Å². The van der Waals surface area contributed by atoms with Crippen LogP contribution >= 0.6 is 0 Å². The third kappa shape index (κ3) is 4.12. The second-order valence-corrected chi connectivity index (χ2v) is 9.47. The Morgan fingerprint density at radius 2 is 1.65 bits per heavy atom. The first-order valence-electron chi connectivity index (χ1n) is 7.88. The van der Waals surface area contributed by atoms with E-state index in [4.69, 9.17) is 0 Å². The Morgan fingerprint density at radius 1 is 1.13 bits per heavy atom. The quantitative estimate of drug-likeness (QED) is 0.824. The lowest BCUT2D eigenvalue weighted by Gasteiger charge is -2.51. The zero-order valence-electron chi connectivity index (χ0n) is 14.5. The van der Waals surface area contributed by atoms with Gasteiger partial charge in [-0.3, -0.25) is 4.55 Å². The summed E-state index contributed by atoms with van der Waals surface area (Å²) in [6, 6.07) is 4.98. The molecule has 1 saturated heterocycles. The molecule has 0 radical (unpaired) electrons. The van der Waals surface area contributed by atoms with Crippen LogP contribution in [0.25, 0.3) is 0 Å². The van der Waals surface area contributed by atoms with Crippen LogP contribution in [0.15, 0.2) is 23.1 Å². The minimum absolute atomic E-state index is 0.0504. The lowest BCUT2D eigenvalue weighted by molar-refractivity contribution is -0.250. The fraction of sp³-hybridized carbons (Fsp3) is 0.647. The maximum atomic E-state index is 11.4. The van der Waals surface area contributed by atoms with Gasteiger partial charge in [0.1, 0.15) is 0 Å². The van der Waals surface area contributed by atoms with E-state index >= 15 is 0 Å². The van der Waals surface area contributed by atoms with Gasteiger partial charge in [-0.1, -0.05) is 6.07 Å². The zero-order valence-corrected chi connectivity index (χ0v) is 15.3. The number of hydrogen-bond acceptors (Lipinski definition) is 4. The molecule has 0 aliphatic carbocycles. The third-order valence-electron chi connectivity index (χ3n) is 4.66. The Labute approximate surface area is 139 Å². The molecule has 0 aromatic heterocycles. The molecule has 130 valence electrons. The van der Waals surface area contributed by atoms with Crippen LogP contribution < -0.4 is 0 Å². The Hall–Kier alpha value is -0.950. The van der Waals surface area contributed by atoms with E-state index < -0.39 is 10.1 Å². The second kappa shape index (κ2) is 5.84. The van der Waals surface area contributed by atoms with Crippen LogP contribution in [-0.2, 0) is 16.5 Å². The Kier molecular flexibility index (Phi) is 4.67. The van der Waals surface area contributed by atoms with E-state index in [1.165, 1.54) is 11.1 Å². The van der Waals surface area contributed by atoms with Crippen molar-refractivity contribution >= 4 is 10.1 Å². The molecule has 6 heteroatoms. The lowest BCUT2D eigenvalue weighted by Crippen LogP contribution is -2.59. The molecule has 1 aromatic carbocycles. The molecule has 0 amide bonds. The van der Waals surface area contributed by atoms with Crippen molar-refractivity contribution in [2.45, 2.75) is 69.9 Å². The first kappa shape index (κ1) is 18.4. The van der Waals surface area contributed by atoms with Crippen molar-refractivity contribution in [1.29, 1.82) is 0 Å². The van der Waals surface area contributed by atoms with E-state index in [1.54, 1.807) is 6.07 Å². The van der Waals surface area contributed by atoms with E-state index in [9.17, 15) is 18.2 Å². The lowest BCUT2D eigenvalue weighted by atomic mass is 9.73. The number of hydrogen-bond donors (Lipinski definition) is 2. The summed E-state index contributed by atoms with van der Waals surface area (Å²) >= 11 is 0. The molecule has 1 heterocycles. The number of benzene rings is 1. The molecule has 2 N–H and O–H groups in total. The number of hydroxylamine groups is 2. The van der Waals surface area contributed by atoms with Crippen LogP contribution in [0.3, 0.4) is 0 Å². The monoisotopic (exact) mass is 341 g/mol. The second-order valence-electron chi connectivity index (χ2n) is 8.04. The minimum Gasteiger partial charge on any atom is -0.313 e. The molecule has 1 aliphatic heterocycles. The summed E-state index contributed by atoms with van der Waals surface area (Å²) in [6.07, 6.45) is 2.37. The molecule has 0 atom stereocenters. The first-order chi connectivity index (χ1) is 10.3. The number of piperidine rings is 1. The zero-order chi connectivity index (χ0) is 17.6. The fourth-order valence-electron chi connectivity index (χ4n) is 4.05. The summed E-state index contributed by atoms with van der Waals surface area (Å²) in [5.41, 5.74) is 1.05. The van der Waals surface area contributed by atoms with Crippen molar-refractivity contribution < 1.29 is 18.2 Å². The molecular formula is C17H27NO4S. The van der Waals surface area contributed by atoms with Crippen LogP contribution in [-0.4, -0.2) is 34.3 Å². The van der Waals surface area contributed by atoms with Gasteiger partial charge in [-0.05, 0) is 83.1 Å². The molecule has 0 spiro atoms. The summed E-state index contributed by atoms with van der Waals surface area (Å²) in [5.74, 6) is 0.333. The highest BCUT2D eigenvalue weighted by molar-refractivity contribution is 7.85. The molecule has 5 nitrogen and oxygen atoms in total. The van der Waals surface area contributed by atoms with Crippen LogP contribution in [0.1, 0.15) is 51.7 Å². The number of nitrogens with zero attached hydrogens (tertiary/aromatic N) is 1. The molecular weight excluding hydrogens is 314 g/mol. The molecule has 0 bridgehead atoms. The van der Waals surface area contributed by atoms with Gasteiger partial charge in [-0.25, -0.2) is 0 Å². The normalized spacial score (nSPS) is 22.2. The highest BCUT2D eigenvalue weighted by Crippen LogP contribution is 2.41. The summed E-state index contributed by atoms with van der Waals surface area (Å²) in [7, 11) is -4.19. The van der Waals surface area contributed by atoms with Gasteiger partial charge in [-0.2, -0.15) is 13.5 Å². The fourth-order valence-corrected chi connectivity index (χ4v) is 4.68. The van der Waals surface area contributed by atoms with Gasteiger partial charge in [0, 0.05) is 11.1 Å². The third-order valence-corrected chi connectivity index (χ3v) is 5.49. The van der Waals surface area contributed by atoms with Gasteiger partial charge in [-0.15, -0.1) is 0 Å². The highest BCUT2D eigenvalue weighted by atomic mass is 32.2. The predicted octanol–water partition coefficient (Wildman–Crippen LogP) is 3.44. The predicted molar refractivity (Wildman–Crippen MR) is 89.2 cm³/mol. The molecule has 1 fully saturated rings. The SMILES string of the molecule is Cc1cc(CC2CC(C)(C)N(O)C(C)(C)C2)cc(S(=O)(=O)O)c1. The van der Waals surface area contributed by atoms with Crippen molar-refractivity contribution in [3.05, 3.63) is 29.3 Å². The molecule has 2 rings (SSSR count). The molecule has 1 aliphatic rings. The maximum Gasteiger partial charge on any atom is 0.294 e. The van der Waals surface area contributed by atoms with E-state index in [2.05, 4.69) is 0 Å². The van der Waals surface area contributed by atoms with Crippen LogP contribution in [0.5, 0.6) is 0 Å². The number of rotatable bonds is 3. The summed E-state index contributed by atoms with van der Waals surface area (Å²) < 4.78 is 32.1. The Bertz CT molecular complexity index is 677. The minimum atomic E-state index is -4.19. The molecule has 0 unspecified atom stereocenters. The van der Waals surface area contributed by atoms with Gasteiger partial charge in [0.05, 0.1) is 4.90 Å². The molecule has 1 aromatic rings. The van der Waals surface area contributed by atoms with E-state index in [-0.39, 0.29) is 16.0 Å². The highest BCUT2D eigenvalue weighted by Gasteiger charge is 2.44. The largest absolute Gasteiger partial charge is 0.313 e. The van der Waals surface area contributed by atoms with E-state index in [0.717, 1.165) is 30.4 Å². The average molecular weight is 341 g/mol. The Balaban J connectivity index is 2.28. The van der Waals surface area contributed by atoms with Gasteiger partial charge < -0.3 is 5.21 Å². The van der Waals surface area contributed by atoms with Gasteiger partial charge in [0.2, 0.25) is 0 Å². The average Bonchev–Trinajstić information content (AvgIpc) is 2.33. The molecule has 0 saturated carbocycles. The molecule has 23 heavy (non-hydrogen) atoms. The standard InChI is InChI=1S/C17H27NO4S/c1-12-6-13(9-15(7-12)23(20,21)22)8-14-10-16(2,3)18(19)17(4,5)11-14/h6-7,9,14,19H,8,10-11H2,1-5H3,(H,20,21,22). The van der Waals surface area contributed by atoms with Crippen molar-refractivity contribution in [2.24, 2.45) is 5.92 Å². The van der Waals surface area contributed by atoms with Gasteiger partial charge in [0.25, 0.3) is 10.1 Å². The first-order valence-corrected chi connectivity index (χ1v) is 9.32. The number of aryl methyl sites for hydroxylation is 1. The van der Waals surface area contributed by atoms with Gasteiger partial charge >= 0.3 is 0 Å². The van der Waals surface area contributed by atoms with Crippen molar-refractivity contribution in [1.82, 2.24) is 5.06 Å².